The highest BCUT2D eigenvalue weighted by Gasteiger charge is 2.23. The van der Waals surface area contributed by atoms with Crippen molar-refractivity contribution in [2.24, 2.45) is 5.92 Å². The Morgan fingerprint density at radius 2 is 1.86 bits per heavy atom. The maximum atomic E-state index is 12.1. The fraction of sp³-hybridized carbons (Fsp3) is 0.348. The number of hydrogen-bond acceptors (Lipinski definition) is 4. The quantitative estimate of drug-likeness (QED) is 0.730. The van der Waals surface area contributed by atoms with Crippen LogP contribution in [-0.4, -0.2) is 59.5 Å². The summed E-state index contributed by atoms with van der Waals surface area (Å²) in [6.45, 7) is 2.44. The van der Waals surface area contributed by atoms with E-state index in [-0.39, 0.29) is 6.03 Å². The molecule has 29 heavy (non-hydrogen) atoms. The third-order valence-electron chi connectivity index (χ3n) is 5.52. The molecule has 0 atom stereocenters. The van der Waals surface area contributed by atoms with Crippen LogP contribution in [0.2, 0.25) is 0 Å². The summed E-state index contributed by atoms with van der Waals surface area (Å²) < 4.78 is 0. The molecular weight excluding hydrogens is 362 g/mol. The second-order valence-electron chi connectivity index (χ2n) is 7.82. The number of benzene rings is 2. The molecular formula is C23H27N5O. The van der Waals surface area contributed by atoms with Gasteiger partial charge < -0.3 is 15.1 Å². The Bertz CT molecular complexity index is 995. The van der Waals surface area contributed by atoms with E-state index in [4.69, 9.17) is 4.98 Å². The van der Waals surface area contributed by atoms with Gasteiger partial charge in [0.1, 0.15) is 0 Å². The number of urea groups is 1. The second-order valence-corrected chi connectivity index (χ2v) is 7.82. The Kier molecular flexibility index (Phi) is 5.60. The van der Waals surface area contributed by atoms with Crippen LogP contribution >= 0.6 is 0 Å². The molecule has 4 rings (SSSR count). The highest BCUT2D eigenvalue weighted by atomic mass is 16.2. The van der Waals surface area contributed by atoms with Gasteiger partial charge in [0.2, 0.25) is 5.95 Å². The zero-order chi connectivity index (χ0) is 20.2. The van der Waals surface area contributed by atoms with Gasteiger partial charge in [-0.25, -0.2) is 14.8 Å². The number of anilines is 1. The molecule has 1 aliphatic heterocycles. The molecule has 1 aromatic heterocycles. The lowest BCUT2D eigenvalue weighted by molar-refractivity contribution is 0.149. The molecule has 3 aromatic rings. The van der Waals surface area contributed by atoms with E-state index in [2.05, 4.69) is 52.8 Å². The van der Waals surface area contributed by atoms with E-state index in [1.807, 2.05) is 11.0 Å². The van der Waals surface area contributed by atoms with Gasteiger partial charge in [-0.15, -0.1) is 0 Å². The summed E-state index contributed by atoms with van der Waals surface area (Å²) in [4.78, 5) is 24.7. The predicted octanol–water partition coefficient (Wildman–Crippen LogP) is 4.10. The molecule has 2 aromatic carbocycles. The van der Waals surface area contributed by atoms with Crippen molar-refractivity contribution in [3.63, 3.8) is 0 Å². The van der Waals surface area contributed by atoms with Crippen LogP contribution in [0.15, 0.2) is 54.7 Å². The number of carbonyl (C=O) groups is 1. The first-order valence-electron chi connectivity index (χ1n) is 10.1. The van der Waals surface area contributed by atoms with Crippen LogP contribution in [0, 0.1) is 5.92 Å². The van der Waals surface area contributed by atoms with Crippen LogP contribution in [0.4, 0.5) is 10.7 Å². The van der Waals surface area contributed by atoms with Crippen LogP contribution in [0.1, 0.15) is 12.8 Å². The highest BCUT2D eigenvalue weighted by molar-refractivity contribution is 5.86. The lowest BCUT2D eigenvalue weighted by Crippen LogP contribution is -2.44. The van der Waals surface area contributed by atoms with Crippen LogP contribution in [0.25, 0.3) is 22.0 Å². The number of fused-ring (bicyclic) bond motifs is 1. The molecule has 2 amide bonds. The van der Waals surface area contributed by atoms with Crippen molar-refractivity contribution >= 4 is 22.8 Å². The molecule has 1 aliphatic rings. The van der Waals surface area contributed by atoms with E-state index in [1.54, 1.807) is 25.2 Å². The molecule has 6 nitrogen and oxygen atoms in total. The topological polar surface area (TPSA) is 61.4 Å². The largest absolute Gasteiger partial charge is 0.354 e. The molecule has 0 spiro atoms. The first-order valence-corrected chi connectivity index (χ1v) is 10.1. The van der Waals surface area contributed by atoms with Crippen molar-refractivity contribution in [3.05, 3.63) is 54.7 Å². The van der Waals surface area contributed by atoms with Gasteiger partial charge in [0.25, 0.3) is 0 Å². The predicted molar refractivity (Wildman–Crippen MR) is 117 cm³/mol. The molecule has 1 fully saturated rings. The first kappa shape index (κ1) is 19.2. The van der Waals surface area contributed by atoms with Crippen molar-refractivity contribution in [2.45, 2.75) is 12.8 Å². The average Bonchev–Trinajstić information content (AvgIpc) is 2.77. The number of hydrogen-bond donors (Lipinski definition) is 1. The van der Waals surface area contributed by atoms with Gasteiger partial charge >= 0.3 is 6.03 Å². The number of likely N-dealkylation sites (tertiary alicyclic amines) is 1. The van der Waals surface area contributed by atoms with Gasteiger partial charge in [0.15, 0.2) is 0 Å². The van der Waals surface area contributed by atoms with Crippen molar-refractivity contribution in [2.75, 3.05) is 39.0 Å². The summed E-state index contributed by atoms with van der Waals surface area (Å²) in [6.07, 6.45) is 3.80. The molecule has 2 heterocycles. The average molecular weight is 390 g/mol. The molecule has 1 N–H and O–H groups in total. The molecule has 0 saturated carbocycles. The fourth-order valence-corrected chi connectivity index (χ4v) is 3.80. The minimum atomic E-state index is 0.0998. The number of aromatic nitrogens is 2. The Hall–Kier alpha value is -3.15. The van der Waals surface area contributed by atoms with E-state index >= 15 is 0 Å². The molecule has 0 aliphatic carbocycles. The number of nitrogens with zero attached hydrogens (tertiary/aromatic N) is 4. The molecule has 6 heteroatoms. The number of rotatable bonds is 4. The van der Waals surface area contributed by atoms with E-state index < -0.39 is 0 Å². The maximum absolute atomic E-state index is 12.1. The standard InChI is InChI=1S/C23H27N5O/c1-27(2)23(29)28-13-10-17(11-14-28)16-25-22-24-12-9-21(26-22)20-8-7-18-5-3-4-6-19(18)15-20/h3-9,12,15,17H,10-11,13-14,16H2,1-2H3,(H,24,25,26). The van der Waals surface area contributed by atoms with E-state index in [0.717, 1.165) is 43.7 Å². The lowest BCUT2D eigenvalue weighted by atomic mass is 9.97. The van der Waals surface area contributed by atoms with Crippen LogP contribution < -0.4 is 5.32 Å². The molecule has 1 saturated heterocycles. The van der Waals surface area contributed by atoms with Crippen LogP contribution in [0.3, 0.4) is 0 Å². The van der Waals surface area contributed by atoms with Gasteiger partial charge in [-0.1, -0.05) is 36.4 Å². The highest BCUT2D eigenvalue weighted by Crippen LogP contribution is 2.24. The van der Waals surface area contributed by atoms with E-state index in [9.17, 15) is 4.79 Å². The zero-order valence-electron chi connectivity index (χ0n) is 17.0. The Morgan fingerprint density at radius 1 is 1.10 bits per heavy atom. The summed E-state index contributed by atoms with van der Waals surface area (Å²) in [5, 5.41) is 5.82. The third-order valence-corrected chi connectivity index (χ3v) is 5.52. The van der Waals surface area contributed by atoms with Crippen molar-refractivity contribution < 1.29 is 4.79 Å². The second kappa shape index (κ2) is 8.47. The van der Waals surface area contributed by atoms with Crippen LogP contribution in [0.5, 0.6) is 0 Å². The summed E-state index contributed by atoms with van der Waals surface area (Å²) in [5.41, 5.74) is 2.00. The minimum Gasteiger partial charge on any atom is -0.354 e. The Labute approximate surface area is 171 Å². The van der Waals surface area contributed by atoms with Gasteiger partial charge in [-0.05, 0) is 41.7 Å². The SMILES string of the molecule is CN(C)C(=O)N1CCC(CNc2nccc(-c3ccc4ccccc4c3)n2)CC1. The Morgan fingerprint density at radius 3 is 2.62 bits per heavy atom. The summed E-state index contributed by atoms with van der Waals surface area (Å²) in [6, 6.07) is 16.8. The summed E-state index contributed by atoms with van der Waals surface area (Å²) >= 11 is 0. The number of amides is 2. The normalized spacial score (nSPS) is 14.8. The molecule has 0 unspecified atom stereocenters. The number of nitrogens with one attached hydrogen (secondary N) is 1. The Balaban J connectivity index is 1.38. The monoisotopic (exact) mass is 389 g/mol. The third kappa shape index (κ3) is 4.47. The number of carbonyl (C=O) groups excluding carboxylic acids is 1. The van der Waals surface area contributed by atoms with Crippen molar-refractivity contribution in [1.29, 1.82) is 0 Å². The van der Waals surface area contributed by atoms with Gasteiger partial charge in [-0.2, -0.15) is 0 Å². The van der Waals surface area contributed by atoms with Crippen molar-refractivity contribution in [3.8, 4) is 11.3 Å². The van der Waals surface area contributed by atoms with E-state index in [1.165, 1.54) is 10.8 Å². The summed E-state index contributed by atoms with van der Waals surface area (Å²) in [5.74, 6) is 1.18. The molecule has 0 bridgehead atoms. The van der Waals surface area contributed by atoms with Crippen LogP contribution in [-0.2, 0) is 0 Å². The smallest absolute Gasteiger partial charge is 0.319 e. The zero-order valence-corrected chi connectivity index (χ0v) is 17.0. The first-order chi connectivity index (χ1) is 14.1. The summed E-state index contributed by atoms with van der Waals surface area (Å²) in [7, 11) is 3.60. The lowest BCUT2D eigenvalue weighted by Gasteiger charge is -2.33. The van der Waals surface area contributed by atoms with Gasteiger partial charge in [0.05, 0.1) is 5.69 Å². The molecule has 150 valence electrons. The van der Waals surface area contributed by atoms with E-state index in [0.29, 0.717) is 11.9 Å². The van der Waals surface area contributed by atoms with Crippen molar-refractivity contribution in [1.82, 2.24) is 19.8 Å². The maximum Gasteiger partial charge on any atom is 0.319 e. The fourth-order valence-electron chi connectivity index (χ4n) is 3.80. The molecule has 0 radical (unpaired) electrons. The van der Waals surface area contributed by atoms with Gasteiger partial charge in [0, 0.05) is 45.5 Å². The van der Waals surface area contributed by atoms with Gasteiger partial charge in [-0.3, -0.25) is 0 Å². The number of piperidine rings is 1. The minimum absolute atomic E-state index is 0.0998.